The molecule has 1 atom stereocenters. The highest BCUT2D eigenvalue weighted by Crippen LogP contribution is 2.38. The van der Waals surface area contributed by atoms with Crippen LogP contribution in [0.5, 0.6) is 0 Å². The van der Waals surface area contributed by atoms with Crippen LogP contribution in [0.2, 0.25) is 0 Å². The number of rotatable bonds is 3. The summed E-state index contributed by atoms with van der Waals surface area (Å²) in [4.78, 5) is 3.98. The van der Waals surface area contributed by atoms with Crippen LogP contribution in [0.3, 0.4) is 0 Å². The first kappa shape index (κ1) is 12.7. The van der Waals surface area contributed by atoms with Gasteiger partial charge in [-0.3, -0.25) is 4.98 Å². The summed E-state index contributed by atoms with van der Waals surface area (Å²) >= 11 is 4.90. The van der Waals surface area contributed by atoms with Crippen molar-refractivity contribution < 1.29 is 9.50 Å². The van der Waals surface area contributed by atoms with Gasteiger partial charge in [-0.15, -0.1) is 0 Å². The highest BCUT2D eigenvalue weighted by atomic mass is 79.9. The fourth-order valence-electron chi connectivity index (χ4n) is 1.71. The van der Waals surface area contributed by atoms with Crippen LogP contribution in [0, 0.1) is 5.82 Å². The summed E-state index contributed by atoms with van der Waals surface area (Å²) in [5.41, 5.74) is 0.0524. The number of hydrogen-bond acceptors (Lipinski definition) is 3. The predicted octanol–water partition coefficient (Wildman–Crippen LogP) is 3.69. The predicted molar refractivity (Wildman–Crippen MR) is 69.5 cm³/mol. The average molecular weight is 316 g/mol. The molecule has 0 aliphatic carbocycles. The van der Waals surface area contributed by atoms with Gasteiger partial charge >= 0.3 is 0 Å². The zero-order valence-corrected chi connectivity index (χ0v) is 11.6. The molecule has 2 aromatic heterocycles. The fourth-order valence-corrected chi connectivity index (χ4v) is 3.40. The Hall–Kier alpha value is -0.780. The van der Waals surface area contributed by atoms with E-state index >= 15 is 0 Å². The minimum Gasteiger partial charge on any atom is -0.379 e. The maximum Gasteiger partial charge on any atom is 0.141 e. The highest BCUT2D eigenvalue weighted by molar-refractivity contribution is 9.10. The molecule has 0 spiro atoms. The van der Waals surface area contributed by atoms with Gasteiger partial charge < -0.3 is 5.11 Å². The van der Waals surface area contributed by atoms with Crippen molar-refractivity contribution in [2.45, 2.75) is 18.9 Å². The Balaban J connectivity index is 2.51. The summed E-state index contributed by atoms with van der Waals surface area (Å²) < 4.78 is 13.7. The second-order valence-electron chi connectivity index (χ2n) is 3.71. The molecule has 0 bridgehead atoms. The molecule has 2 aromatic rings. The van der Waals surface area contributed by atoms with Gasteiger partial charge in [-0.1, -0.05) is 6.92 Å². The van der Waals surface area contributed by atoms with Crippen molar-refractivity contribution in [3.05, 3.63) is 50.6 Å². The lowest BCUT2D eigenvalue weighted by Gasteiger charge is -2.26. The van der Waals surface area contributed by atoms with Gasteiger partial charge in [-0.25, -0.2) is 4.39 Å². The first-order valence-electron chi connectivity index (χ1n) is 5.14. The number of nitrogens with zero attached hydrogens (tertiary/aromatic N) is 1. The number of aliphatic hydroxyl groups is 1. The van der Waals surface area contributed by atoms with Gasteiger partial charge in [0, 0.05) is 15.4 Å². The first-order chi connectivity index (χ1) is 8.08. The first-order valence-corrected chi connectivity index (χ1v) is 6.88. The molecule has 2 nitrogen and oxygen atoms in total. The van der Waals surface area contributed by atoms with Crippen LogP contribution in [0.25, 0.3) is 0 Å². The van der Waals surface area contributed by atoms with Gasteiger partial charge in [0.2, 0.25) is 0 Å². The van der Waals surface area contributed by atoms with E-state index in [9.17, 15) is 9.50 Å². The van der Waals surface area contributed by atoms with Crippen molar-refractivity contribution in [2.75, 3.05) is 0 Å². The topological polar surface area (TPSA) is 33.1 Å². The van der Waals surface area contributed by atoms with E-state index in [1.54, 1.807) is 0 Å². The molecular formula is C12H11BrFNOS. The fraction of sp³-hybridized carbons (Fsp3) is 0.250. The lowest BCUT2D eigenvalue weighted by atomic mass is 9.89. The van der Waals surface area contributed by atoms with Gasteiger partial charge in [0.15, 0.2) is 0 Å². The van der Waals surface area contributed by atoms with Crippen molar-refractivity contribution in [3.63, 3.8) is 0 Å². The van der Waals surface area contributed by atoms with Gasteiger partial charge in [0.25, 0.3) is 0 Å². The van der Waals surface area contributed by atoms with Crippen LogP contribution in [0.15, 0.2) is 33.6 Å². The van der Waals surface area contributed by atoms with E-state index in [0.717, 1.165) is 16.2 Å². The second-order valence-corrected chi connectivity index (χ2v) is 5.31. The van der Waals surface area contributed by atoms with Crippen LogP contribution < -0.4 is 0 Å². The van der Waals surface area contributed by atoms with E-state index in [1.807, 2.05) is 17.7 Å². The number of halogens is 2. The van der Waals surface area contributed by atoms with Crippen LogP contribution in [0.4, 0.5) is 4.39 Å². The average Bonchev–Trinajstić information content (AvgIpc) is 2.76. The summed E-state index contributed by atoms with van der Waals surface area (Å²) in [6.07, 6.45) is 1.59. The van der Waals surface area contributed by atoms with Gasteiger partial charge in [0.1, 0.15) is 11.4 Å². The molecule has 0 saturated heterocycles. The molecule has 0 aromatic carbocycles. The molecule has 0 saturated carbocycles. The maximum atomic E-state index is 12.8. The van der Waals surface area contributed by atoms with Crippen LogP contribution in [-0.2, 0) is 5.60 Å². The quantitative estimate of drug-likeness (QED) is 0.937. The van der Waals surface area contributed by atoms with Crippen LogP contribution >= 0.6 is 27.3 Å². The Morgan fingerprint density at radius 1 is 1.47 bits per heavy atom. The van der Waals surface area contributed by atoms with Crippen molar-refractivity contribution in [1.82, 2.24) is 4.98 Å². The van der Waals surface area contributed by atoms with Crippen molar-refractivity contribution in [2.24, 2.45) is 0 Å². The Bertz CT molecular complexity index is 513. The van der Waals surface area contributed by atoms with Crippen molar-refractivity contribution in [3.8, 4) is 0 Å². The molecule has 2 heterocycles. The van der Waals surface area contributed by atoms with E-state index < -0.39 is 11.4 Å². The molecule has 2 rings (SSSR count). The second kappa shape index (κ2) is 4.84. The largest absolute Gasteiger partial charge is 0.379 e. The number of hydrogen-bond donors (Lipinski definition) is 1. The molecule has 0 aliphatic heterocycles. The molecule has 1 unspecified atom stereocenters. The summed E-state index contributed by atoms with van der Waals surface area (Å²) in [5.74, 6) is -0.406. The minimum absolute atomic E-state index is 0.406. The summed E-state index contributed by atoms with van der Waals surface area (Å²) in [7, 11) is 0. The van der Waals surface area contributed by atoms with E-state index in [2.05, 4.69) is 20.9 Å². The molecule has 5 heteroatoms. The van der Waals surface area contributed by atoms with Gasteiger partial charge in [-0.05, 0) is 39.9 Å². The SMILES string of the molecule is CCC(O)(c1ccc(F)cn1)c1cscc1Br. The third-order valence-electron chi connectivity index (χ3n) is 2.72. The molecule has 1 N–H and O–H groups in total. The Morgan fingerprint density at radius 2 is 2.24 bits per heavy atom. The summed E-state index contributed by atoms with van der Waals surface area (Å²) in [6.45, 7) is 1.87. The summed E-state index contributed by atoms with van der Waals surface area (Å²) in [5, 5.41) is 14.5. The lowest BCUT2D eigenvalue weighted by Crippen LogP contribution is -2.27. The molecule has 0 radical (unpaired) electrons. The standard InChI is InChI=1S/C12H11BrFNOS/c1-2-12(16,9-6-17-7-10(9)13)11-4-3-8(14)5-15-11/h3-7,16H,2H2,1H3. The normalized spacial score (nSPS) is 14.6. The Morgan fingerprint density at radius 3 is 2.71 bits per heavy atom. The maximum absolute atomic E-state index is 12.8. The van der Waals surface area contributed by atoms with Crippen LogP contribution in [-0.4, -0.2) is 10.1 Å². The zero-order valence-electron chi connectivity index (χ0n) is 9.15. The molecule has 90 valence electrons. The molecule has 0 amide bonds. The van der Waals surface area contributed by atoms with E-state index in [4.69, 9.17) is 0 Å². The van der Waals surface area contributed by atoms with E-state index in [-0.39, 0.29) is 0 Å². The zero-order chi connectivity index (χ0) is 12.5. The molecule has 0 aliphatic rings. The lowest BCUT2D eigenvalue weighted by molar-refractivity contribution is 0.0715. The van der Waals surface area contributed by atoms with Gasteiger partial charge in [-0.2, -0.15) is 11.3 Å². The third kappa shape index (κ3) is 2.27. The van der Waals surface area contributed by atoms with E-state index in [1.165, 1.54) is 23.5 Å². The monoisotopic (exact) mass is 315 g/mol. The van der Waals surface area contributed by atoms with E-state index in [0.29, 0.717) is 12.1 Å². The van der Waals surface area contributed by atoms with Crippen molar-refractivity contribution >= 4 is 27.3 Å². The smallest absolute Gasteiger partial charge is 0.141 e. The van der Waals surface area contributed by atoms with Gasteiger partial charge in [0.05, 0.1) is 11.9 Å². The van der Waals surface area contributed by atoms with Crippen molar-refractivity contribution in [1.29, 1.82) is 0 Å². The molecular weight excluding hydrogens is 305 g/mol. The molecule has 17 heavy (non-hydrogen) atoms. The highest BCUT2D eigenvalue weighted by Gasteiger charge is 2.33. The Labute approximate surface area is 111 Å². The number of pyridine rings is 1. The number of aromatic nitrogens is 1. The Kier molecular flexibility index (Phi) is 3.61. The molecule has 0 fully saturated rings. The minimum atomic E-state index is -1.17. The number of thiophene rings is 1. The third-order valence-corrected chi connectivity index (χ3v) is 4.43. The summed E-state index contributed by atoms with van der Waals surface area (Å²) in [6, 6.07) is 2.83. The van der Waals surface area contributed by atoms with Crippen LogP contribution in [0.1, 0.15) is 24.6 Å².